The van der Waals surface area contributed by atoms with Gasteiger partial charge >= 0.3 is 5.97 Å². The number of carboxylic acids is 1. The van der Waals surface area contributed by atoms with Crippen LogP contribution in [0.4, 0.5) is 5.69 Å². The van der Waals surface area contributed by atoms with Crippen molar-refractivity contribution in [3.05, 3.63) is 54.1 Å². The van der Waals surface area contributed by atoms with Crippen LogP contribution in [-0.2, 0) is 32.7 Å². The lowest BCUT2D eigenvalue weighted by Crippen LogP contribution is -2.41. The molecule has 218 valence electrons. The van der Waals surface area contributed by atoms with Gasteiger partial charge in [0.25, 0.3) is 0 Å². The van der Waals surface area contributed by atoms with Crippen LogP contribution in [0.15, 0.2) is 48.5 Å². The number of para-hydroxylation sites is 1. The van der Waals surface area contributed by atoms with Crippen LogP contribution in [0.3, 0.4) is 0 Å². The molecule has 0 aliphatic carbocycles. The van der Waals surface area contributed by atoms with Crippen molar-refractivity contribution in [3.63, 3.8) is 0 Å². The highest BCUT2D eigenvalue weighted by molar-refractivity contribution is 6.00. The second-order valence-electron chi connectivity index (χ2n) is 11.7. The minimum Gasteiger partial charge on any atom is -0.481 e. The van der Waals surface area contributed by atoms with Crippen LogP contribution in [0.5, 0.6) is 0 Å². The number of carbonyl (C=O) groups is 3. The molecule has 0 bridgehead atoms. The topological polar surface area (TPSA) is 127 Å². The average Bonchev–Trinajstić information content (AvgIpc) is 3.30. The number of aryl methyl sites for hydroxylation is 1. The molecule has 0 radical (unpaired) electrons. The van der Waals surface area contributed by atoms with E-state index in [-0.39, 0.29) is 31.2 Å². The number of hydrogen-bond donors (Lipinski definition) is 2. The number of carboxylic acid groups (broad SMARTS) is 1. The van der Waals surface area contributed by atoms with Gasteiger partial charge in [0.2, 0.25) is 11.8 Å². The second kappa shape index (κ2) is 12.2. The molecule has 2 amide bonds. The molecule has 2 N–H and O–H groups in total. The molecule has 0 unspecified atom stereocenters. The predicted molar refractivity (Wildman–Crippen MR) is 156 cm³/mol. The molecule has 2 heterocycles. The highest BCUT2D eigenvalue weighted by atomic mass is 16.5. The van der Waals surface area contributed by atoms with Gasteiger partial charge in [-0.2, -0.15) is 0 Å². The maximum Gasteiger partial charge on any atom is 0.303 e. The Labute approximate surface area is 240 Å². The zero-order valence-corrected chi connectivity index (χ0v) is 24.4. The molecule has 41 heavy (non-hydrogen) atoms. The Morgan fingerprint density at radius 1 is 0.976 bits per heavy atom. The molecule has 2 aromatic carbocycles. The number of ether oxygens (including phenoxy) is 1. The molecular formula is C31H39N5O5. The fourth-order valence-corrected chi connectivity index (χ4v) is 4.95. The summed E-state index contributed by atoms with van der Waals surface area (Å²) >= 11 is 0. The van der Waals surface area contributed by atoms with Crippen molar-refractivity contribution in [1.82, 2.24) is 20.3 Å². The molecule has 1 aliphatic rings. The Balaban J connectivity index is 1.42. The van der Waals surface area contributed by atoms with Crippen molar-refractivity contribution in [2.24, 2.45) is 12.5 Å². The third-order valence-corrected chi connectivity index (χ3v) is 7.58. The van der Waals surface area contributed by atoms with Gasteiger partial charge in [-0.1, -0.05) is 61.5 Å². The largest absolute Gasteiger partial charge is 0.481 e. The SMILES string of the molecule is Cn1nnc2c1-c1ccccc1N(C(=O)CCNC(=O)C(C)(C)CCOC(C)(C)CCC(=O)O)Cc1ccccc1-2. The number of aliphatic carboxylic acids is 1. The first-order chi connectivity index (χ1) is 19.4. The number of anilines is 1. The third kappa shape index (κ3) is 7.00. The van der Waals surface area contributed by atoms with Gasteiger partial charge in [-0.25, -0.2) is 4.68 Å². The molecule has 0 fully saturated rings. The van der Waals surface area contributed by atoms with Gasteiger partial charge in [-0.3, -0.25) is 14.4 Å². The van der Waals surface area contributed by atoms with Gasteiger partial charge in [0.15, 0.2) is 0 Å². The van der Waals surface area contributed by atoms with Crippen molar-refractivity contribution < 1.29 is 24.2 Å². The quantitative estimate of drug-likeness (QED) is 0.351. The maximum atomic E-state index is 13.7. The number of carbonyl (C=O) groups excluding carboxylic acids is 2. The molecule has 4 rings (SSSR count). The van der Waals surface area contributed by atoms with Crippen molar-refractivity contribution in [2.45, 2.75) is 65.5 Å². The van der Waals surface area contributed by atoms with E-state index in [2.05, 4.69) is 15.6 Å². The standard InChI is InChI=1S/C31H39N5O5/c1-30(2,17-19-41-31(3,4)16-14-26(38)39)29(40)32-18-15-25(37)36-20-21-10-6-7-11-22(21)27-28(35(5)34-33-27)23-12-8-9-13-24(23)36/h6-13H,14-20H2,1-5H3,(H,32,40)(H,38,39). The number of rotatable bonds is 11. The zero-order valence-electron chi connectivity index (χ0n) is 24.4. The monoisotopic (exact) mass is 561 g/mol. The summed E-state index contributed by atoms with van der Waals surface area (Å²) < 4.78 is 7.62. The van der Waals surface area contributed by atoms with Gasteiger partial charge < -0.3 is 20.1 Å². The first-order valence-electron chi connectivity index (χ1n) is 13.9. The summed E-state index contributed by atoms with van der Waals surface area (Å²) in [4.78, 5) is 39.3. The van der Waals surface area contributed by atoms with E-state index in [9.17, 15) is 14.4 Å². The Morgan fingerprint density at radius 3 is 2.39 bits per heavy atom. The molecule has 0 saturated carbocycles. The number of nitrogens with zero attached hydrogens (tertiary/aromatic N) is 4. The number of hydrogen-bond acceptors (Lipinski definition) is 6. The molecule has 10 heteroatoms. The fraction of sp³-hybridized carbons (Fsp3) is 0.452. The Kier molecular flexibility index (Phi) is 8.92. The Bertz CT molecular complexity index is 1430. The summed E-state index contributed by atoms with van der Waals surface area (Å²) in [6.07, 6.45) is 1.01. The molecular weight excluding hydrogens is 522 g/mol. The highest BCUT2D eigenvalue weighted by Gasteiger charge is 2.31. The number of aromatic nitrogens is 3. The first kappa shape index (κ1) is 29.9. The lowest BCUT2D eigenvalue weighted by molar-refractivity contribution is -0.139. The van der Waals surface area contributed by atoms with Gasteiger partial charge in [0.1, 0.15) is 5.69 Å². The van der Waals surface area contributed by atoms with Gasteiger partial charge in [-0.05, 0) is 38.3 Å². The minimum atomic E-state index is -0.863. The smallest absolute Gasteiger partial charge is 0.303 e. The van der Waals surface area contributed by atoms with Gasteiger partial charge in [-0.15, -0.1) is 5.10 Å². The van der Waals surface area contributed by atoms with Gasteiger partial charge in [0, 0.05) is 49.6 Å². The highest BCUT2D eigenvalue weighted by Crippen LogP contribution is 2.40. The lowest BCUT2D eigenvalue weighted by Gasteiger charge is -2.29. The summed E-state index contributed by atoms with van der Waals surface area (Å²) in [5, 5.41) is 20.6. The third-order valence-electron chi connectivity index (χ3n) is 7.58. The minimum absolute atomic E-state index is 0.0259. The first-order valence-corrected chi connectivity index (χ1v) is 13.9. The summed E-state index contributed by atoms with van der Waals surface area (Å²) in [5.74, 6) is -1.13. The number of nitrogens with one attached hydrogen (secondary N) is 1. The molecule has 1 aliphatic heterocycles. The summed E-state index contributed by atoms with van der Waals surface area (Å²) in [6, 6.07) is 15.6. The van der Waals surface area contributed by atoms with Crippen LogP contribution in [0.1, 0.15) is 58.9 Å². The molecule has 0 saturated heterocycles. The van der Waals surface area contributed by atoms with Gasteiger partial charge in [0.05, 0.1) is 23.5 Å². The fourth-order valence-electron chi connectivity index (χ4n) is 4.95. The van der Waals surface area contributed by atoms with E-state index in [0.29, 0.717) is 26.0 Å². The van der Waals surface area contributed by atoms with E-state index in [4.69, 9.17) is 9.84 Å². The Hall–Kier alpha value is -4.05. The second-order valence-corrected chi connectivity index (χ2v) is 11.7. The van der Waals surface area contributed by atoms with E-state index in [0.717, 1.165) is 33.8 Å². The molecule has 1 aromatic heterocycles. The summed E-state index contributed by atoms with van der Waals surface area (Å²) in [6.45, 7) is 8.26. The van der Waals surface area contributed by atoms with Crippen molar-refractivity contribution in [1.29, 1.82) is 0 Å². The molecule has 3 aromatic rings. The van der Waals surface area contributed by atoms with Crippen molar-refractivity contribution >= 4 is 23.5 Å². The lowest BCUT2D eigenvalue weighted by atomic mass is 9.88. The zero-order chi connectivity index (χ0) is 29.8. The summed E-state index contributed by atoms with van der Waals surface area (Å²) in [5.41, 5.74) is 3.86. The van der Waals surface area contributed by atoms with Crippen LogP contribution < -0.4 is 10.2 Å². The van der Waals surface area contributed by atoms with Crippen LogP contribution in [0.25, 0.3) is 22.5 Å². The molecule has 0 atom stereocenters. The van der Waals surface area contributed by atoms with Crippen LogP contribution >= 0.6 is 0 Å². The average molecular weight is 562 g/mol. The molecule has 10 nitrogen and oxygen atoms in total. The summed E-state index contributed by atoms with van der Waals surface area (Å²) in [7, 11) is 1.85. The Morgan fingerprint density at radius 2 is 1.66 bits per heavy atom. The van der Waals surface area contributed by atoms with Crippen molar-refractivity contribution in [2.75, 3.05) is 18.1 Å². The van der Waals surface area contributed by atoms with E-state index in [1.165, 1.54) is 0 Å². The van der Waals surface area contributed by atoms with E-state index < -0.39 is 17.0 Å². The molecule has 0 spiro atoms. The number of amides is 2. The van der Waals surface area contributed by atoms with E-state index in [1.807, 2.05) is 83.3 Å². The number of benzene rings is 2. The predicted octanol–water partition coefficient (Wildman–Crippen LogP) is 4.58. The maximum absolute atomic E-state index is 13.7. The van der Waals surface area contributed by atoms with Crippen molar-refractivity contribution in [3.8, 4) is 22.5 Å². The number of fused-ring (bicyclic) bond motifs is 5. The van der Waals surface area contributed by atoms with Crippen LogP contribution in [0.2, 0.25) is 0 Å². The normalized spacial score (nSPS) is 13.0. The van der Waals surface area contributed by atoms with Crippen LogP contribution in [0, 0.1) is 5.41 Å². The van der Waals surface area contributed by atoms with E-state index in [1.54, 1.807) is 9.58 Å². The van der Waals surface area contributed by atoms with E-state index >= 15 is 0 Å². The van der Waals surface area contributed by atoms with Crippen LogP contribution in [-0.4, -0.2) is 56.6 Å².